The van der Waals surface area contributed by atoms with Crippen LogP contribution >= 0.6 is 0 Å². The van der Waals surface area contributed by atoms with Crippen molar-refractivity contribution in [2.45, 2.75) is 17.7 Å². The van der Waals surface area contributed by atoms with Gasteiger partial charge in [-0.2, -0.15) is 0 Å². The molecule has 0 heterocycles. The molecule has 3 aromatic carbocycles. The molecule has 0 aliphatic heterocycles. The predicted octanol–water partition coefficient (Wildman–Crippen LogP) is 5.30. The molecule has 0 bridgehead atoms. The summed E-state index contributed by atoms with van der Waals surface area (Å²) in [5, 5.41) is 2.91. The lowest BCUT2D eigenvalue weighted by Crippen LogP contribution is -2.14. The standard InChI is InChI=1S/C24H21NO2S/c1-28(27)23-12-5-4-10-22(23)24(26)25-19-15-13-18(14-16-19)21-11-6-8-17-7-2-3-9-20(17)21/h3-6,8-16H,2,7H2,1H3,(H,25,26). The van der Waals surface area contributed by atoms with Crippen molar-refractivity contribution in [3.8, 4) is 11.1 Å². The second-order valence-corrected chi connectivity index (χ2v) is 8.15. The fraction of sp³-hybridized carbons (Fsp3) is 0.125. The Balaban J connectivity index is 1.58. The summed E-state index contributed by atoms with van der Waals surface area (Å²) in [5.74, 6) is -0.251. The Morgan fingerprint density at radius 2 is 1.75 bits per heavy atom. The van der Waals surface area contributed by atoms with E-state index in [1.165, 1.54) is 16.7 Å². The molecule has 0 radical (unpaired) electrons. The number of hydrogen-bond acceptors (Lipinski definition) is 2. The summed E-state index contributed by atoms with van der Waals surface area (Å²) >= 11 is 0. The van der Waals surface area contributed by atoms with Crippen LogP contribution in [0.15, 0.2) is 77.7 Å². The highest BCUT2D eigenvalue weighted by molar-refractivity contribution is 7.84. The zero-order valence-corrected chi connectivity index (χ0v) is 16.5. The number of amides is 1. The minimum Gasteiger partial charge on any atom is -0.322 e. The molecule has 1 aliphatic rings. The molecule has 1 aliphatic carbocycles. The van der Waals surface area contributed by atoms with E-state index < -0.39 is 10.8 Å². The highest BCUT2D eigenvalue weighted by Crippen LogP contribution is 2.31. The highest BCUT2D eigenvalue weighted by Gasteiger charge is 2.14. The number of allylic oxidation sites excluding steroid dienone is 1. The molecule has 28 heavy (non-hydrogen) atoms. The largest absolute Gasteiger partial charge is 0.322 e. The Labute approximate surface area is 167 Å². The third-order valence-corrected chi connectivity index (χ3v) is 5.93. The van der Waals surface area contributed by atoms with Gasteiger partial charge >= 0.3 is 0 Å². The van der Waals surface area contributed by atoms with Gasteiger partial charge in [0.25, 0.3) is 5.91 Å². The van der Waals surface area contributed by atoms with Gasteiger partial charge in [0, 0.05) is 11.9 Å². The summed E-state index contributed by atoms with van der Waals surface area (Å²) in [7, 11) is -1.22. The van der Waals surface area contributed by atoms with Gasteiger partial charge in [0.15, 0.2) is 0 Å². The Kier molecular flexibility index (Phi) is 5.22. The van der Waals surface area contributed by atoms with E-state index in [1.807, 2.05) is 24.3 Å². The maximum atomic E-state index is 12.6. The van der Waals surface area contributed by atoms with Gasteiger partial charge in [-0.25, -0.2) is 0 Å². The molecule has 0 saturated heterocycles. The molecule has 0 spiro atoms. The highest BCUT2D eigenvalue weighted by atomic mass is 32.2. The molecule has 1 atom stereocenters. The van der Waals surface area contributed by atoms with Gasteiger partial charge < -0.3 is 5.32 Å². The van der Waals surface area contributed by atoms with E-state index in [0.717, 1.165) is 18.4 Å². The summed E-state index contributed by atoms with van der Waals surface area (Å²) in [6, 6.07) is 21.3. The lowest BCUT2D eigenvalue weighted by molar-refractivity contribution is 0.102. The minimum atomic E-state index is -1.22. The first-order valence-electron chi connectivity index (χ1n) is 9.26. The Morgan fingerprint density at radius 1 is 0.964 bits per heavy atom. The quantitative estimate of drug-likeness (QED) is 0.660. The first-order chi connectivity index (χ1) is 13.6. The van der Waals surface area contributed by atoms with Gasteiger partial charge in [-0.3, -0.25) is 9.00 Å². The van der Waals surface area contributed by atoms with Crippen LogP contribution < -0.4 is 5.32 Å². The summed E-state index contributed by atoms with van der Waals surface area (Å²) in [4.78, 5) is 13.2. The Bertz CT molecular complexity index is 1080. The summed E-state index contributed by atoms with van der Waals surface area (Å²) < 4.78 is 11.9. The van der Waals surface area contributed by atoms with Gasteiger partial charge in [0.1, 0.15) is 0 Å². The molecular formula is C24H21NO2S. The monoisotopic (exact) mass is 387 g/mol. The summed E-state index contributed by atoms with van der Waals surface area (Å²) in [6.07, 6.45) is 8.16. The third-order valence-electron chi connectivity index (χ3n) is 4.96. The summed E-state index contributed by atoms with van der Waals surface area (Å²) in [5.41, 5.74) is 6.14. The molecule has 1 N–H and O–H groups in total. The van der Waals surface area contributed by atoms with Crippen molar-refractivity contribution in [2.75, 3.05) is 11.6 Å². The number of fused-ring (bicyclic) bond motifs is 1. The number of anilines is 1. The van der Waals surface area contributed by atoms with Crippen molar-refractivity contribution >= 4 is 28.5 Å². The zero-order valence-electron chi connectivity index (χ0n) is 15.6. The average Bonchev–Trinajstić information content (AvgIpc) is 2.74. The smallest absolute Gasteiger partial charge is 0.256 e. The van der Waals surface area contributed by atoms with Crippen molar-refractivity contribution in [3.05, 3.63) is 89.5 Å². The van der Waals surface area contributed by atoms with Crippen molar-refractivity contribution in [2.24, 2.45) is 0 Å². The first-order valence-corrected chi connectivity index (χ1v) is 10.8. The first kappa shape index (κ1) is 18.4. The number of hydrogen-bond donors (Lipinski definition) is 1. The van der Waals surface area contributed by atoms with Crippen LogP contribution in [0.2, 0.25) is 0 Å². The maximum absolute atomic E-state index is 12.6. The molecule has 4 rings (SSSR count). The number of rotatable bonds is 4. The van der Waals surface area contributed by atoms with Crippen LogP contribution in [-0.2, 0) is 17.2 Å². The lowest BCUT2D eigenvalue weighted by Gasteiger charge is -2.15. The second kappa shape index (κ2) is 7.95. The lowest BCUT2D eigenvalue weighted by atomic mass is 9.90. The summed E-state index contributed by atoms with van der Waals surface area (Å²) in [6.45, 7) is 0. The molecule has 4 heteroatoms. The number of carbonyl (C=O) groups is 1. The Morgan fingerprint density at radius 3 is 2.54 bits per heavy atom. The second-order valence-electron chi connectivity index (χ2n) is 6.80. The van der Waals surface area contributed by atoms with Crippen LogP contribution in [0.4, 0.5) is 5.69 Å². The van der Waals surface area contributed by atoms with Crippen LogP contribution in [0.25, 0.3) is 17.2 Å². The SMILES string of the molecule is CS(=O)c1ccccc1C(=O)Nc1ccc(-c2cccc3c2C=CCC3)cc1. The fourth-order valence-corrected chi connectivity index (χ4v) is 4.30. The number of nitrogens with one attached hydrogen (secondary N) is 1. The van der Waals surface area contributed by atoms with Crippen LogP contribution in [0, 0.1) is 0 Å². The van der Waals surface area contributed by atoms with E-state index in [0.29, 0.717) is 16.1 Å². The minimum absolute atomic E-state index is 0.251. The molecule has 1 amide bonds. The molecular weight excluding hydrogens is 366 g/mol. The van der Waals surface area contributed by atoms with Crippen LogP contribution in [-0.4, -0.2) is 16.4 Å². The van der Waals surface area contributed by atoms with Crippen LogP contribution in [0.1, 0.15) is 27.9 Å². The van der Waals surface area contributed by atoms with Crippen LogP contribution in [0.3, 0.4) is 0 Å². The van der Waals surface area contributed by atoms with Crippen molar-refractivity contribution in [3.63, 3.8) is 0 Å². The molecule has 0 saturated carbocycles. The van der Waals surface area contributed by atoms with Crippen molar-refractivity contribution in [1.29, 1.82) is 0 Å². The van der Waals surface area contributed by atoms with Gasteiger partial charge in [0.2, 0.25) is 0 Å². The number of carbonyl (C=O) groups excluding carboxylic acids is 1. The van der Waals surface area contributed by atoms with E-state index in [1.54, 1.807) is 30.5 Å². The molecule has 0 aromatic heterocycles. The maximum Gasteiger partial charge on any atom is 0.256 e. The van der Waals surface area contributed by atoms with E-state index in [2.05, 4.69) is 35.7 Å². The fourth-order valence-electron chi connectivity index (χ4n) is 3.56. The number of benzene rings is 3. The zero-order chi connectivity index (χ0) is 19.5. The van der Waals surface area contributed by atoms with Gasteiger partial charge in [-0.05, 0) is 59.4 Å². The van der Waals surface area contributed by atoms with E-state index in [4.69, 9.17) is 0 Å². The predicted molar refractivity (Wildman–Crippen MR) is 116 cm³/mol. The topological polar surface area (TPSA) is 46.2 Å². The van der Waals surface area contributed by atoms with Gasteiger partial charge in [0.05, 0.1) is 21.3 Å². The van der Waals surface area contributed by atoms with E-state index in [-0.39, 0.29) is 5.91 Å². The van der Waals surface area contributed by atoms with Crippen molar-refractivity contribution < 1.29 is 9.00 Å². The van der Waals surface area contributed by atoms with Crippen molar-refractivity contribution in [1.82, 2.24) is 0 Å². The Hall–Kier alpha value is -2.98. The average molecular weight is 388 g/mol. The molecule has 3 nitrogen and oxygen atoms in total. The molecule has 0 fully saturated rings. The van der Waals surface area contributed by atoms with E-state index >= 15 is 0 Å². The van der Waals surface area contributed by atoms with E-state index in [9.17, 15) is 9.00 Å². The molecule has 1 unspecified atom stereocenters. The molecule has 140 valence electrons. The van der Waals surface area contributed by atoms with Crippen LogP contribution in [0.5, 0.6) is 0 Å². The number of aryl methyl sites for hydroxylation is 1. The van der Waals surface area contributed by atoms with Gasteiger partial charge in [-0.15, -0.1) is 0 Å². The van der Waals surface area contributed by atoms with Gasteiger partial charge in [-0.1, -0.05) is 54.6 Å². The third kappa shape index (κ3) is 3.69. The molecule has 3 aromatic rings. The normalized spacial score (nSPS) is 13.6.